The second-order valence-corrected chi connectivity index (χ2v) is 7.37. The van der Waals surface area contributed by atoms with E-state index in [9.17, 15) is 0 Å². The average Bonchev–Trinajstić information content (AvgIpc) is 2.53. The van der Waals surface area contributed by atoms with Crippen molar-refractivity contribution in [1.82, 2.24) is 0 Å². The molecule has 0 aliphatic carbocycles. The quantitative estimate of drug-likeness (QED) is 0.159. The summed E-state index contributed by atoms with van der Waals surface area (Å²) in [7, 11) is 0. The van der Waals surface area contributed by atoms with E-state index < -0.39 is 0 Å². The van der Waals surface area contributed by atoms with Crippen molar-refractivity contribution in [2.75, 3.05) is 0 Å². The summed E-state index contributed by atoms with van der Waals surface area (Å²) in [6.45, 7) is 2.29. The van der Waals surface area contributed by atoms with Crippen molar-refractivity contribution in [3.05, 3.63) is 12.2 Å². The second kappa shape index (κ2) is 19.7. The van der Waals surface area contributed by atoms with E-state index in [0.29, 0.717) is 4.99 Å². The van der Waals surface area contributed by atoms with E-state index >= 15 is 0 Å². The molecule has 0 atom stereocenters. The van der Waals surface area contributed by atoms with Gasteiger partial charge < -0.3 is 5.73 Å². The molecule has 0 aromatic rings. The lowest BCUT2D eigenvalue weighted by atomic mass is 10.0. The molecule has 23 heavy (non-hydrogen) atoms. The van der Waals surface area contributed by atoms with E-state index in [1.807, 2.05) is 6.08 Å². The lowest BCUT2D eigenvalue weighted by molar-refractivity contribution is 0.530. The SMILES string of the molecule is CCCCCCCCCCCCCCCCCCC=CC(N)=S. The molecule has 0 aliphatic heterocycles. The molecule has 136 valence electrons. The second-order valence-electron chi connectivity index (χ2n) is 6.90. The van der Waals surface area contributed by atoms with Crippen molar-refractivity contribution in [3.63, 3.8) is 0 Å². The molecular formula is C21H41NS. The van der Waals surface area contributed by atoms with Gasteiger partial charge in [-0.25, -0.2) is 0 Å². The van der Waals surface area contributed by atoms with Crippen LogP contribution in [0.1, 0.15) is 116 Å². The molecule has 0 fully saturated rings. The standard InChI is InChI=1S/C21H41NS/c1-2-3-4-5-6-7-8-9-10-11-12-13-14-15-16-17-18-19-20-21(22)23/h19-20H,2-18H2,1H3,(H2,22,23). The van der Waals surface area contributed by atoms with Crippen LogP contribution in [0.2, 0.25) is 0 Å². The van der Waals surface area contributed by atoms with E-state index in [1.165, 1.54) is 103 Å². The molecule has 0 amide bonds. The number of rotatable bonds is 18. The monoisotopic (exact) mass is 339 g/mol. The third-order valence-electron chi connectivity index (χ3n) is 4.51. The molecule has 0 bridgehead atoms. The van der Waals surface area contributed by atoms with Crippen LogP contribution in [0.5, 0.6) is 0 Å². The molecular weight excluding hydrogens is 298 g/mol. The van der Waals surface area contributed by atoms with Crippen LogP contribution in [0.3, 0.4) is 0 Å². The van der Waals surface area contributed by atoms with Gasteiger partial charge >= 0.3 is 0 Å². The van der Waals surface area contributed by atoms with Crippen LogP contribution in [-0.2, 0) is 0 Å². The minimum Gasteiger partial charge on any atom is -0.390 e. The molecule has 0 aromatic heterocycles. The molecule has 1 nitrogen and oxygen atoms in total. The van der Waals surface area contributed by atoms with Gasteiger partial charge in [-0.1, -0.05) is 122 Å². The average molecular weight is 340 g/mol. The topological polar surface area (TPSA) is 26.0 Å². The first-order chi connectivity index (χ1) is 11.3. The zero-order chi connectivity index (χ0) is 17.0. The van der Waals surface area contributed by atoms with Gasteiger partial charge in [-0.3, -0.25) is 0 Å². The first-order valence-electron chi connectivity index (χ1n) is 10.2. The summed E-state index contributed by atoms with van der Waals surface area (Å²) < 4.78 is 0. The van der Waals surface area contributed by atoms with Crippen LogP contribution >= 0.6 is 12.2 Å². The Labute approximate surface area is 151 Å². The minimum absolute atomic E-state index is 0.501. The van der Waals surface area contributed by atoms with E-state index in [0.717, 1.165) is 6.42 Å². The zero-order valence-corrected chi connectivity index (χ0v) is 16.5. The Morgan fingerprint density at radius 3 is 1.35 bits per heavy atom. The summed E-state index contributed by atoms with van der Waals surface area (Å²) >= 11 is 4.80. The van der Waals surface area contributed by atoms with Gasteiger partial charge in [-0.05, 0) is 18.9 Å². The zero-order valence-electron chi connectivity index (χ0n) is 15.7. The van der Waals surface area contributed by atoms with Crippen molar-refractivity contribution >= 4 is 17.2 Å². The van der Waals surface area contributed by atoms with Crippen LogP contribution in [0.15, 0.2) is 12.2 Å². The summed E-state index contributed by atoms with van der Waals surface area (Å²) in [5.41, 5.74) is 5.41. The Hall–Kier alpha value is -0.370. The van der Waals surface area contributed by atoms with Gasteiger partial charge in [0, 0.05) is 0 Å². The van der Waals surface area contributed by atoms with Crippen molar-refractivity contribution < 1.29 is 0 Å². The highest BCUT2D eigenvalue weighted by atomic mass is 32.1. The highest BCUT2D eigenvalue weighted by Gasteiger charge is 1.94. The van der Waals surface area contributed by atoms with Crippen molar-refractivity contribution in [2.45, 2.75) is 116 Å². The van der Waals surface area contributed by atoms with Gasteiger partial charge in [0.05, 0.1) is 4.99 Å². The maximum Gasteiger partial charge on any atom is 0.0958 e. The molecule has 2 heteroatoms. The Balaban J connectivity index is 3.01. The van der Waals surface area contributed by atoms with Gasteiger partial charge in [0.15, 0.2) is 0 Å². The molecule has 2 N–H and O–H groups in total. The fourth-order valence-corrected chi connectivity index (χ4v) is 3.11. The minimum atomic E-state index is 0.501. The molecule has 0 saturated heterocycles. The van der Waals surface area contributed by atoms with Gasteiger partial charge in [0.2, 0.25) is 0 Å². The molecule has 0 saturated carbocycles. The Kier molecular flexibility index (Phi) is 19.4. The van der Waals surface area contributed by atoms with Crippen molar-refractivity contribution in [2.24, 2.45) is 5.73 Å². The lowest BCUT2D eigenvalue weighted by Gasteiger charge is -2.03. The third-order valence-corrected chi connectivity index (χ3v) is 4.64. The molecule has 0 radical (unpaired) electrons. The maximum atomic E-state index is 5.41. The largest absolute Gasteiger partial charge is 0.390 e. The normalized spacial score (nSPS) is 11.3. The van der Waals surface area contributed by atoms with Crippen LogP contribution in [-0.4, -0.2) is 4.99 Å². The fraction of sp³-hybridized carbons (Fsp3) is 0.857. The summed E-state index contributed by atoms with van der Waals surface area (Å²) in [4.78, 5) is 0.501. The first-order valence-corrected chi connectivity index (χ1v) is 10.6. The van der Waals surface area contributed by atoms with Crippen LogP contribution < -0.4 is 5.73 Å². The fourth-order valence-electron chi connectivity index (χ4n) is 3.01. The molecule has 0 heterocycles. The lowest BCUT2D eigenvalue weighted by Crippen LogP contribution is -2.01. The number of nitrogens with two attached hydrogens (primary N) is 1. The Bertz CT molecular complexity index is 273. The predicted molar refractivity (Wildman–Crippen MR) is 110 cm³/mol. The maximum absolute atomic E-state index is 5.41. The van der Waals surface area contributed by atoms with E-state index in [1.54, 1.807) is 0 Å². The number of hydrogen-bond acceptors (Lipinski definition) is 1. The first kappa shape index (κ1) is 22.6. The van der Waals surface area contributed by atoms with E-state index in [4.69, 9.17) is 18.0 Å². The number of thiocarbonyl (C=S) groups is 1. The number of unbranched alkanes of at least 4 members (excludes halogenated alkanes) is 16. The van der Waals surface area contributed by atoms with Crippen LogP contribution in [0.25, 0.3) is 0 Å². The van der Waals surface area contributed by atoms with Crippen molar-refractivity contribution in [1.29, 1.82) is 0 Å². The van der Waals surface area contributed by atoms with E-state index in [2.05, 4.69) is 13.0 Å². The van der Waals surface area contributed by atoms with Crippen LogP contribution in [0.4, 0.5) is 0 Å². The number of allylic oxidation sites excluding steroid dienone is 1. The van der Waals surface area contributed by atoms with Gasteiger partial charge in [0.1, 0.15) is 0 Å². The molecule has 0 aromatic carbocycles. The van der Waals surface area contributed by atoms with Crippen molar-refractivity contribution in [3.8, 4) is 0 Å². The van der Waals surface area contributed by atoms with Gasteiger partial charge in [-0.15, -0.1) is 0 Å². The highest BCUT2D eigenvalue weighted by molar-refractivity contribution is 7.80. The highest BCUT2D eigenvalue weighted by Crippen LogP contribution is 2.14. The summed E-state index contributed by atoms with van der Waals surface area (Å²) in [6.07, 6.45) is 27.8. The van der Waals surface area contributed by atoms with Crippen LogP contribution in [0, 0.1) is 0 Å². The molecule has 0 unspecified atom stereocenters. The molecule has 0 aliphatic rings. The summed E-state index contributed by atoms with van der Waals surface area (Å²) in [6, 6.07) is 0. The van der Waals surface area contributed by atoms with Gasteiger partial charge in [0.25, 0.3) is 0 Å². The number of hydrogen-bond donors (Lipinski definition) is 1. The molecule has 0 rings (SSSR count). The smallest absolute Gasteiger partial charge is 0.0958 e. The molecule has 0 spiro atoms. The van der Waals surface area contributed by atoms with Gasteiger partial charge in [-0.2, -0.15) is 0 Å². The summed E-state index contributed by atoms with van der Waals surface area (Å²) in [5.74, 6) is 0. The predicted octanol–water partition coefficient (Wildman–Crippen LogP) is 7.48. The van der Waals surface area contributed by atoms with E-state index in [-0.39, 0.29) is 0 Å². The Morgan fingerprint density at radius 2 is 1.00 bits per heavy atom. The summed E-state index contributed by atoms with van der Waals surface area (Å²) in [5, 5.41) is 0. The third kappa shape index (κ3) is 21.6. The Morgan fingerprint density at radius 1 is 0.652 bits per heavy atom.